The average Bonchev–Trinajstić information content (AvgIpc) is 2.75. The number of hydrogen-bond donors (Lipinski definition) is 0. The molecule has 0 radical (unpaired) electrons. The summed E-state index contributed by atoms with van der Waals surface area (Å²) < 4.78 is 0. The highest BCUT2D eigenvalue weighted by Crippen LogP contribution is 2.33. The number of hydrogen-bond acceptors (Lipinski definition) is 3. The molecule has 2 aromatic heterocycles. The monoisotopic (exact) mass is 353 g/mol. The number of aromatic nitrogens is 2. The number of rotatable bonds is 5. The molecule has 134 valence electrons. The number of pyridine rings is 2. The predicted octanol–water partition coefficient (Wildman–Crippen LogP) is 5.81. The quantitative estimate of drug-likeness (QED) is 0.453. The first-order valence-electron chi connectivity index (χ1n) is 9.47. The van der Waals surface area contributed by atoms with Crippen molar-refractivity contribution in [2.45, 2.75) is 13.8 Å². The van der Waals surface area contributed by atoms with Gasteiger partial charge < -0.3 is 4.90 Å². The SMILES string of the molecule is CCN(CC)c1ccc2nc(-c3ccccc3)c(-c3ccccc3)cc2n1. The van der Waals surface area contributed by atoms with Crippen LogP contribution in [0.5, 0.6) is 0 Å². The summed E-state index contributed by atoms with van der Waals surface area (Å²) in [6.07, 6.45) is 0. The molecule has 0 bridgehead atoms. The van der Waals surface area contributed by atoms with Crippen LogP contribution in [0.25, 0.3) is 33.4 Å². The smallest absolute Gasteiger partial charge is 0.129 e. The topological polar surface area (TPSA) is 29.0 Å². The number of nitrogens with zero attached hydrogens (tertiary/aromatic N) is 3. The van der Waals surface area contributed by atoms with Gasteiger partial charge in [-0.15, -0.1) is 0 Å². The zero-order valence-electron chi connectivity index (χ0n) is 15.8. The second-order valence-electron chi connectivity index (χ2n) is 6.50. The molecular weight excluding hydrogens is 330 g/mol. The highest BCUT2D eigenvalue weighted by molar-refractivity contribution is 5.90. The molecule has 0 fully saturated rings. The van der Waals surface area contributed by atoms with E-state index in [9.17, 15) is 0 Å². The first-order chi connectivity index (χ1) is 13.3. The molecule has 0 N–H and O–H groups in total. The Morgan fingerprint density at radius 2 is 1.30 bits per heavy atom. The summed E-state index contributed by atoms with van der Waals surface area (Å²) in [6.45, 7) is 6.19. The second-order valence-corrected chi connectivity index (χ2v) is 6.50. The third-order valence-corrected chi connectivity index (χ3v) is 4.88. The van der Waals surface area contributed by atoms with Crippen molar-refractivity contribution in [3.8, 4) is 22.4 Å². The van der Waals surface area contributed by atoms with E-state index >= 15 is 0 Å². The molecule has 0 unspecified atom stereocenters. The van der Waals surface area contributed by atoms with Crippen LogP contribution in [0.15, 0.2) is 78.9 Å². The molecule has 4 aromatic rings. The van der Waals surface area contributed by atoms with E-state index in [0.717, 1.165) is 52.3 Å². The number of fused-ring (bicyclic) bond motifs is 1. The maximum Gasteiger partial charge on any atom is 0.129 e. The van der Waals surface area contributed by atoms with Gasteiger partial charge >= 0.3 is 0 Å². The molecule has 0 amide bonds. The van der Waals surface area contributed by atoms with E-state index in [2.05, 4.69) is 85.5 Å². The molecule has 0 atom stereocenters. The lowest BCUT2D eigenvalue weighted by Gasteiger charge is -2.20. The molecule has 2 heterocycles. The van der Waals surface area contributed by atoms with Gasteiger partial charge in [-0.2, -0.15) is 0 Å². The van der Waals surface area contributed by atoms with Gasteiger partial charge in [0.25, 0.3) is 0 Å². The molecule has 2 aromatic carbocycles. The fourth-order valence-corrected chi connectivity index (χ4v) is 3.42. The fourth-order valence-electron chi connectivity index (χ4n) is 3.42. The maximum atomic E-state index is 4.99. The van der Waals surface area contributed by atoms with Gasteiger partial charge in [-0.25, -0.2) is 9.97 Å². The Hall–Kier alpha value is -3.20. The van der Waals surface area contributed by atoms with Gasteiger partial charge in [-0.05, 0) is 37.6 Å². The summed E-state index contributed by atoms with van der Waals surface area (Å²) in [5, 5.41) is 0. The van der Waals surface area contributed by atoms with Gasteiger partial charge in [0.1, 0.15) is 5.82 Å². The van der Waals surface area contributed by atoms with Crippen LogP contribution in [0.3, 0.4) is 0 Å². The van der Waals surface area contributed by atoms with Crippen LogP contribution in [-0.4, -0.2) is 23.1 Å². The molecule has 0 aliphatic rings. The van der Waals surface area contributed by atoms with E-state index < -0.39 is 0 Å². The van der Waals surface area contributed by atoms with E-state index in [4.69, 9.17) is 9.97 Å². The normalized spacial score (nSPS) is 10.9. The summed E-state index contributed by atoms with van der Waals surface area (Å²) in [5.74, 6) is 1.00. The Labute approximate surface area is 160 Å². The van der Waals surface area contributed by atoms with Crippen molar-refractivity contribution in [3.63, 3.8) is 0 Å². The molecule has 0 aliphatic heterocycles. The summed E-state index contributed by atoms with van der Waals surface area (Å²) in [4.78, 5) is 12.2. The van der Waals surface area contributed by atoms with Gasteiger partial charge in [0.05, 0.1) is 16.7 Å². The summed E-state index contributed by atoms with van der Waals surface area (Å²) >= 11 is 0. The second kappa shape index (κ2) is 7.58. The van der Waals surface area contributed by atoms with Crippen molar-refractivity contribution in [2.75, 3.05) is 18.0 Å². The highest BCUT2D eigenvalue weighted by Gasteiger charge is 2.13. The van der Waals surface area contributed by atoms with Gasteiger partial charge in [-0.1, -0.05) is 60.7 Å². The minimum atomic E-state index is 0.921. The molecule has 0 spiro atoms. The maximum absolute atomic E-state index is 4.99. The summed E-state index contributed by atoms with van der Waals surface area (Å²) in [5.41, 5.74) is 6.22. The van der Waals surface area contributed by atoms with Crippen molar-refractivity contribution in [1.29, 1.82) is 0 Å². The van der Waals surface area contributed by atoms with Gasteiger partial charge in [0, 0.05) is 24.2 Å². The number of anilines is 1. The molecule has 0 aliphatic carbocycles. The standard InChI is InChI=1S/C24H23N3/c1-3-27(4-2)23-16-15-21-22(25-23)17-20(18-11-7-5-8-12-18)24(26-21)19-13-9-6-10-14-19/h5-17H,3-4H2,1-2H3. The highest BCUT2D eigenvalue weighted by atomic mass is 15.2. The molecule has 0 saturated carbocycles. The Kier molecular flexibility index (Phi) is 4.84. The van der Waals surface area contributed by atoms with Crippen LogP contribution in [0.2, 0.25) is 0 Å². The van der Waals surface area contributed by atoms with Crippen LogP contribution in [-0.2, 0) is 0 Å². The minimum absolute atomic E-state index is 0.921. The summed E-state index contributed by atoms with van der Waals surface area (Å²) in [7, 11) is 0. The lowest BCUT2D eigenvalue weighted by molar-refractivity contribution is 0.849. The first kappa shape index (κ1) is 17.2. The molecular formula is C24H23N3. The van der Waals surface area contributed by atoms with Crippen molar-refractivity contribution < 1.29 is 0 Å². The van der Waals surface area contributed by atoms with E-state index in [1.54, 1.807) is 0 Å². The van der Waals surface area contributed by atoms with Gasteiger partial charge in [-0.3, -0.25) is 0 Å². The fraction of sp³-hybridized carbons (Fsp3) is 0.167. The van der Waals surface area contributed by atoms with E-state index in [-0.39, 0.29) is 0 Å². The van der Waals surface area contributed by atoms with Crippen LogP contribution >= 0.6 is 0 Å². The largest absolute Gasteiger partial charge is 0.357 e. The van der Waals surface area contributed by atoms with Crippen LogP contribution in [0.1, 0.15) is 13.8 Å². The average molecular weight is 353 g/mol. The number of benzene rings is 2. The third-order valence-electron chi connectivity index (χ3n) is 4.88. The minimum Gasteiger partial charge on any atom is -0.357 e. The molecule has 3 nitrogen and oxygen atoms in total. The summed E-state index contributed by atoms with van der Waals surface area (Å²) in [6, 6.07) is 27.1. The lowest BCUT2D eigenvalue weighted by atomic mass is 9.98. The zero-order chi connectivity index (χ0) is 18.6. The Morgan fingerprint density at radius 3 is 1.93 bits per heavy atom. The van der Waals surface area contributed by atoms with Crippen molar-refractivity contribution in [3.05, 3.63) is 78.9 Å². The Bertz CT molecular complexity index is 1040. The third kappa shape index (κ3) is 3.41. The predicted molar refractivity (Wildman–Crippen MR) is 114 cm³/mol. The van der Waals surface area contributed by atoms with E-state index in [1.165, 1.54) is 0 Å². The molecule has 27 heavy (non-hydrogen) atoms. The lowest BCUT2D eigenvalue weighted by Crippen LogP contribution is -2.22. The zero-order valence-corrected chi connectivity index (χ0v) is 15.8. The van der Waals surface area contributed by atoms with Crippen LogP contribution < -0.4 is 4.90 Å². The molecule has 3 heteroatoms. The van der Waals surface area contributed by atoms with Gasteiger partial charge in [0.15, 0.2) is 0 Å². The van der Waals surface area contributed by atoms with E-state index in [0.29, 0.717) is 0 Å². The Morgan fingerprint density at radius 1 is 0.667 bits per heavy atom. The van der Waals surface area contributed by atoms with Crippen molar-refractivity contribution in [2.24, 2.45) is 0 Å². The molecule has 0 saturated heterocycles. The Balaban J connectivity index is 1.95. The van der Waals surface area contributed by atoms with Gasteiger partial charge in [0.2, 0.25) is 0 Å². The van der Waals surface area contributed by atoms with Crippen LogP contribution in [0, 0.1) is 0 Å². The first-order valence-corrected chi connectivity index (χ1v) is 9.47. The van der Waals surface area contributed by atoms with Crippen molar-refractivity contribution >= 4 is 16.9 Å². The van der Waals surface area contributed by atoms with E-state index in [1.807, 2.05) is 12.1 Å². The van der Waals surface area contributed by atoms with Crippen molar-refractivity contribution in [1.82, 2.24) is 9.97 Å². The molecule has 4 rings (SSSR count). The van der Waals surface area contributed by atoms with Crippen LogP contribution in [0.4, 0.5) is 5.82 Å².